The van der Waals surface area contributed by atoms with E-state index in [4.69, 9.17) is 10.5 Å². The van der Waals surface area contributed by atoms with Crippen LogP contribution < -0.4 is 10.5 Å². The zero-order valence-corrected chi connectivity index (χ0v) is 12.4. The van der Waals surface area contributed by atoms with Crippen molar-refractivity contribution in [3.05, 3.63) is 45.6 Å². The number of hydrogen-bond donors (Lipinski definition) is 1. The molecule has 0 spiro atoms. The van der Waals surface area contributed by atoms with Crippen LogP contribution in [0.15, 0.2) is 29.4 Å². The van der Waals surface area contributed by atoms with Crippen molar-refractivity contribution in [2.45, 2.75) is 17.8 Å². The molecule has 110 valence electrons. The minimum atomic E-state index is -0.436. The number of non-ortho nitro benzene ring substituents is 1. The van der Waals surface area contributed by atoms with Crippen molar-refractivity contribution < 1.29 is 9.66 Å². The Kier molecular flexibility index (Phi) is 4.59. The average Bonchev–Trinajstić information content (AvgIpc) is 2.43. The highest BCUT2D eigenvalue weighted by atomic mass is 32.2. The van der Waals surface area contributed by atoms with Crippen LogP contribution in [-0.4, -0.2) is 22.0 Å². The molecule has 21 heavy (non-hydrogen) atoms. The number of aromatic nitrogens is 2. The summed E-state index contributed by atoms with van der Waals surface area (Å²) in [6.07, 6.45) is 0. The summed E-state index contributed by atoms with van der Waals surface area (Å²) in [5.41, 5.74) is 7.18. The van der Waals surface area contributed by atoms with Gasteiger partial charge in [-0.15, -0.1) is 0 Å². The summed E-state index contributed by atoms with van der Waals surface area (Å²) in [6, 6.07) is 6.16. The molecule has 0 unspecified atom stereocenters. The number of nitrogens with two attached hydrogens (primary N) is 1. The van der Waals surface area contributed by atoms with Gasteiger partial charge in [0.25, 0.3) is 5.69 Å². The topological polar surface area (TPSA) is 104 Å². The zero-order chi connectivity index (χ0) is 15.4. The second kappa shape index (κ2) is 6.40. The summed E-state index contributed by atoms with van der Waals surface area (Å²) in [5.74, 6) is 1.44. The zero-order valence-electron chi connectivity index (χ0n) is 11.6. The van der Waals surface area contributed by atoms with Gasteiger partial charge in [0.1, 0.15) is 11.6 Å². The molecule has 0 fully saturated rings. The van der Waals surface area contributed by atoms with Crippen molar-refractivity contribution in [1.82, 2.24) is 9.97 Å². The van der Waals surface area contributed by atoms with Crippen LogP contribution in [0.2, 0.25) is 0 Å². The Morgan fingerprint density at radius 2 is 2.14 bits per heavy atom. The Morgan fingerprint density at radius 1 is 1.38 bits per heavy atom. The number of rotatable bonds is 5. The molecule has 0 aliphatic rings. The lowest BCUT2D eigenvalue weighted by molar-refractivity contribution is -0.384. The summed E-state index contributed by atoms with van der Waals surface area (Å²) in [6.45, 7) is 1.83. The van der Waals surface area contributed by atoms with Gasteiger partial charge in [0, 0.05) is 35.2 Å². The lowest BCUT2D eigenvalue weighted by Crippen LogP contribution is -1.98. The van der Waals surface area contributed by atoms with E-state index in [2.05, 4.69) is 9.97 Å². The van der Waals surface area contributed by atoms with Gasteiger partial charge in [-0.1, -0.05) is 11.8 Å². The molecule has 0 bridgehead atoms. The van der Waals surface area contributed by atoms with Crippen LogP contribution in [0, 0.1) is 17.0 Å². The van der Waals surface area contributed by atoms with Crippen LogP contribution in [0.3, 0.4) is 0 Å². The third kappa shape index (κ3) is 3.82. The summed E-state index contributed by atoms with van der Waals surface area (Å²) < 4.78 is 5.21. The quantitative estimate of drug-likeness (QED) is 0.392. The van der Waals surface area contributed by atoms with Gasteiger partial charge in [0.15, 0.2) is 5.16 Å². The van der Waals surface area contributed by atoms with Gasteiger partial charge in [0.05, 0.1) is 12.0 Å². The molecule has 8 heteroatoms. The summed E-state index contributed by atoms with van der Waals surface area (Å²) in [5, 5.41) is 11.4. The van der Waals surface area contributed by atoms with E-state index in [0.717, 1.165) is 5.69 Å². The van der Waals surface area contributed by atoms with Crippen LogP contribution in [0.5, 0.6) is 5.75 Å². The third-order valence-electron chi connectivity index (χ3n) is 2.69. The minimum Gasteiger partial charge on any atom is -0.496 e. The fraction of sp³-hybridized carbons (Fsp3) is 0.231. The number of hydrogen-bond acceptors (Lipinski definition) is 7. The molecule has 0 atom stereocenters. The van der Waals surface area contributed by atoms with Gasteiger partial charge in [-0.2, -0.15) is 0 Å². The number of nitro benzene ring substituents is 1. The van der Waals surface area contributed by atoms with Gasteiger partial charge in [-0.25, -0.2) is 9.97 Å². The molecule has 1 aromatic carbocycles. The molecule has 2 rings (SSSR count). The first kappa shape index (κ1) is 15.0. The molecule has 1 heterocycles. The number of thioether (sulfide) groups is 1. The van der Waals surface area contributed by atoms with E-state index in [1.165, 1.54) is 31.0 Å². The number of nitro groups is 1. The molecular weight excluding hydrogens is 292 g/mol. The highest BCUT2D eigenvalue weighted by Gasteiger charge is 2.12. The lowest BCUT2D eigenvalue weighted by atomic mass is 10.2. The van der Waals surface area contributed by atoms with Gasteiger partial charge in [-0.3, -0.25) is 10.1 Å². The number of anilines is 1. The van der Waals surface area contributed by atoms with Gasteiger partial charge < -0.3 is 10.5 Å². The first-order chi connectivity index (χ1) is 9.99. The first-order valence-electron chi connectivity index (χ1n) is 6.05. The van der Waals surface area contributed by atoms with Crippen LogP contribution in [0.25, 0.3) is 0 Å². The third-order valence-corrected chi connectivity index (χ3v) is 3.58. The van der Waals surface area contributed by atoms with Crippen LogP contribution in [0.4, 0.5) is 11.5 Å². The van der Waals surface area contributed by atoms with Crippen molar-refractivity contribution >= 4 is 23.3 Å². The minimum absolute atomic E-state index is 0.0241. The molecule has 2 aromatic rings. The maximum Gasteiger partial charge on any atom is 0.270 e. The summed E-state index contributed by atoms with van der Waals surface area (Å²) in [4.78, 5) is 18.8. The summed E-state index contributed by atoms with van der Waals surface area (Å²) >= 11 is 1.35. The molecule has 1 aromatic heterocycles. The van der Waals surface area contributed by atoms with E-state index in [0.29, 0.717) is 28.0 Å². The van der Waals surface area contributed by atoms with Crippen molar-refractivity contribution in [2.24, 2.45) is 0 Å². The molecule has 0 saturated carbocycles. The number of aryl methyl sites for hydroxylation is 1. The predicted octanol–water partition coefficient (Wildman–Crippen LogP) is 2.58. The largest absolute Gasteiger partial charge is 0.496 e. The van der Waals surface area contributed by atoms with E-state index in [1.807, 2.05) is 6.92 Å². The van der Waals surface area contributed by atoms with E-state index >= 15 is 0 Å². The highest BCUT2D eigenvalue weighted by molar-refractivity contribution is 7.98. The normalized spacial score (nSPS) is 10.4. The average molecular weight is 306 g/mol. The SMILES string of the molecule is COc1ccc([N+](=O)[O-])cc1CSc1nc(C)cc(N)n1. The Bertz CT molecular complexity index is 658. The van der Waals surface area contributed by atoms with Crippen LogP contribution in [0.1, 0.15) is 11.3 Å². The second-order valence-electron chi connectivity index (χ2n) is 4.26. The number of nitrogen functional groups attached to an aromatic ring is 1. The number of methoxy groups -OCH3 is 1. The smallest absolute Gasteiger partial charge is 0.270 e. The molecule has 0 amide bonds. The van der Waals surface area contributed by atoms with E-state index in [-0.39, 0.29) is 5.69 Å². The predicted molar refractivity (Wildman–Crippen MR) is 80.4 cm³/mol. The van der Waals surface area contributed by atoms with Crippen molar-refractivity contribution in [1.29, 1.82) is 0 Å². The Hall–Kier alpha value is -2.35. The maximum absolute atomic E-state index is 10.8. The van der Waals surface area contributed by atoms with Gasteiger partial charge in [-0.05, 0) is 13.0 Å². The molecule has 2 N–H and O–H groups in total. The standard InChI is InChI=1S/C13H14N4O3S/c1-8-5-12(14)16-13(15-8)21-7-9-6-10(17(18)19)3-4-11(9)20-2/h3-6H,7H2,1-2H3,(H2,14,15,16). The van der Waals surface area contributed by atoms with Crippen LogP contribution in [-0.2, 0) is 5.75 Å². The number of nitrogens with zero attached hydrogens (tertiary/aromatic N) is 3. The van der Waals surface area contributed by atoms with Crippen molar-refractivity contribution in [2.75, 3.05) is 12.8 Å². The second-order valence-corrected chi connectivity index (χ2v) is 5.20. The molecule has 0 aliphatic carbocycles. The van der Waals surface area contributed by atoms with E-state index < -0.39 is 4.92 Å². The van der Waals surface area contributed by atoms with Gasteiger partial charge >= 0.3 is 0 Å². The maximum atomic E-state index is 10.8. The molecule has 0 aliphatic heterocycles. The molecule has 7 nitrogen and oxygen atoms in total. The van der Waals surface area contributed by atoms with Crippen molar-refractivity contribution in [3.63, 3.8) is 0 Å². The van der Waals surface area contributed by atoms with Crippen LogP contribution >= 0.6 is 11.8 Å². The highest BCUT2D eigenvalue weighted by Crippen LogP contribution is 2.29. The molecule has 0 radical (unpaired) electrons. The van der Waals surface area contributed by atoms with E-state index in [1.54, 1.807) is 12.1 Å². The Morgan fingerprint density at radius 3 is 2.76 bits per heavy atom. The number of benzene rings is 1. The number of ether oxygens (including phenoxy) is 1. The lowest BCUT2D eigenvalue weighted by Gasteiger charge is -2.08. The molecular formula is C13H14N4O3S. The first-order valence-corrected chi connectivity index (χ1v) is 7.03. The fourth-order valence-corrected chi connectivity index (χ4v) is 2.65. The fourth-order valence-electron chi connectivity index (χ4n) is 1.76. The molecule has 0 saturated heterocycles. The van der Waals surface area contributed by atoms with Crippen molar-refractivity contribution in [3.8, 4) is 5.75 Å². The monoisotopic (exact) mass is 306 g/mol. The Labute approximate surface area is 125 Å². The Balaban J connectivity index is 2.21. The van der Waals surface area contributed by atoms with E-state index in [9.17, 15) is 10.1 Å². The van der Waals surface area contributed by atoms with Gasteiger partial charge in [0.2, 0.25) is 0 Å². The summed E-state index contributed by atoms with van der Waals surface area (Å²) in [7, 11) is 1.52.